The molecule has 0 saturated carbocycles. The van der Waals surface area contributed by atoms with Gasteiger partial charge in [0, 0.05) is 11.6 Å². The zero-order valence-electron chi connectivity index (χ0n) is 6.84. The minimum absolute atomic E-state index is 0.0517. The van der Waals surface area contributed by atoms with Gasteiger partial charge in [-0.1, -0.05) is 0 Å². The van der Waals surface area contributed by atoms with E-state index in [0.717, 1.165) is 18.2 Å². The predicted molar refractivity (Wildman–Crippen MR) is 45.2 cm³/mol. The molecule has 0 aromatic heterocycles. The standard InChI is InChI=1S/C8H5NO5/c10-4-8(12)5-1-2-7(11)6(3-5)9(13)14/h1-4,11H. The van der Waals surface area contributed by atoms with Crippen molar-refractivity contribution in [2.45, 2.75) is 0 Å². The number of aldehydes is 1. The Morgan fingerprint density at radius 3 is 2.64 bits per heavy atom. The fourth-order valence-electron chi connectivity index (χ4n) is 0.891. The number of Topliss-reactive ketones (excluding diaryl/α,β-unsaturated/α-hetero) is 1. The molecule has 0 heterocycles. The third-order valence-electron chi connectivity index (χ3n) is 1.56. The first-order valence-corrected chi connectivity index (χ1v) is 3.53. The first kappa shape index (κ1) is 9.85. The summed E-state index contributed by atoms with van der Waals surface area (Å²) in [4.78, 5) is 30.4. The summed E-state index contributed by atoms with van der Waals surface area (Å²) in [6.45, 7) is 0. The molecule has 0 bridgehead atoms. The predicted octanol–water partition coefficient (Wildman–Crippen LogP) is 0.682. The number of phenols is 1. The molecule has 0 saturated heterocycles. The van der Waals surface area contributed by atoms with Crippen LogP contribution in [0.1, 0.15) is 10.4 Å². The number of carbonyl (C=O) groups excluding carboxylic acids is 2. The van der Waals surface area contributed by atoms with Crippen LogP contribution in [-0.4, -0.2) is 22.1 Å². The zero-order chi connectivity index (χ0) is 10.7. The molecule has 0 atom stereocenters. The molecular weight excluding hydrogens is 190 g/mol. The van der Waals surface area contributed by atoms with Crippen LogP contribution < -0.4 is 0 Å². The maximum atomic E-state index is 10.8. The van der Waals surface area contributed by atoms with Crippen LogP contribution in [0.25, 0.3) is 0 Å². The highest BCUT2D eigenvalue weighted by molar-refractivity contribution is 6.33. The topological polar surface area (TPSA) is 97.5 Å². The monoisotopic (exact) mass is 195 g/mol. The van der Waals surface area contributed by atoms with Crippen molar-refractivity contribution < 1.29 is 19.6 Å². The molecule has 1 rings (SSSR count). The van der Waals surface area contributed by atoms with E-state index in [0.29, 0.717) is 0 Å². The minimum atomic E-state index is -0.867. The highest BCUT2D eigenvalue weighted by atomic mass is 16.6. The van der Waals surface area contributed by atoms with Gasteiger partial charge in [-0.25, -0.2) is 0 Å². The molecule has 6 heteroatoms. The third kappa shape index (κ3) is 1.74. The maximum absolute atomic E-state index is 10.8. The lowest BCUT2D eigenvalue weighted by Gasteiger charge is -1.97. The number of carbonyl (C=O) groups is 2. The number of hydrogen-bond donors (Lipinski definition) is 1. The quantitative estimate of drug-likeness (QED) is 0.251. The van der Waals surface area contributed by atoms with Crippen molar-refractivity contribution in [3.63, 3.8) is 0 Å². The second kappa shape index (κ2) is 3.65. The molecule has 6 nitrogen and oxygen atoms in total. The SMILES string of the molecule is O=CC(=O)c1ccc(O)c([N+](=O)[O-])c1. The van der Waals surface area contributed by atoms with Crippen LogP contribution in [0.5, 0.6) is 5.75 Å². The van der Waals surface area contributed by atoms with Crippen LogP contribution in [-0.2, 0) is 4.79 Å². The van der Waals surface area contributed by atoms with E-state index in [1.165, 1.54) is 0 Å². The molecule has 14 heavy (non-hydrogen) atoms. The Bertz CT molecular complexity index is 412. The van der Waals surface area contributed by atoms with Crippen molar-refractivity contribution in [3.8, 4) is 5.75 Å². The van der Waals surface area contributed by atoms with Crippen molar-refractivity contribution in [1.29, 1.82) is 0 Å². The van der Waals surface area contributed by atoms with Gasteiger partial charge >= 0.3 is 5.69 Å². The van der Waals surface area contributed by atoms with Gasteiger partial charge in [0.1, 0.15) is 0 Å². The lowest BCUT2D eigenvalue weighted by molar-refractivity contribution is -0.385. The molecule has 0 unspecified atom stereocenters. The largest absolute Gasteiger partial charge is 0.502 e. The van der Waals surface area contributed by atoms with Gasteiger partial charge in [0.2, 0.25) is 5.78 Å². The van der Waals surface area contributed by atoms with Gasteiger partial charge in [-0.05, 0) is 12.1 Å². The molecule has 1 aromatic carbocycles. The first-order valence-electron chi connectivity index (χ1n) is 3.53. The van der Waals surface area contributed by atoms with Gasteiger partial charge in [0.25, 0.3) is 0 Å². The number of benzene rings is 1. The summed E-state index contributed by atoms with van der Waals surface area (Å²) in [6, 6.07) is 2.99. The molecule has 0 aliphatic heterocycles. The molecule has 0 aliphatic rings. The van der Waals surface area contributed by atoms with Crippen LogP contribution in [0.3, 0.4) is 0 Å². The third-order valence-corrected chi connectivity index (χ3v) is 1.56. The van der Waals surface area contributed by atoms with Gasteiger partial charge in [0.05, 0.1) is 4.92 Å². The molecular formula is C8H5NO5. The molecule has 1 N–H and O–H groups in total. The zero-order valence-corrected chi connectivity index (χ0v) is 6.84. The number of nitro groups is 1. The summed E-state index contributed by atoms with van der Waals surface area (Å²) in [7, 11) is 0. The Morgan fingerprint density at radius 1 is 1.50 bits per heavy atom. The van der Waals surface area contributed by atoms with E-state index in [1.807, 2.05) is 0 Å². The summed E-state index contributed by atoms with van der Waals surface area (Å²) < 4.78 is 0. The fraction of sp³-hybridized carbons (Fsp3) is 0. The minimum Gasteiger partial charge on any atom is -0.502 e. The van der Waals surface area contributed by atoms with Crippen molar-refractivity contribution in [3.05, 3.63) is 33.9 Å². The number of nitro benzene ring substituents is 1. The first-order chi connectivity index (χ1) is 6.56. The van der Waals surface area contributed by atoms with Crippen molar-refractivity contribution >= 4 is 17.8 Å². The van der Waals surface area contributed by atoms with Gasteiger partial charge in [-0.2, -0.15) is 0 Å². The Morgan fingerprint density at radius 2 is 2.14 bits per heavy atom. The van der Waals surface area contributed by atoms with E-state index in [-0.39, 0.29) is 11.8 Å². The van der Waals surface area contributed by atoms with Crippen LogP contribution in [0, 0.1) is 10.1 Å². The molecule has 0 fully saturated rings. The average Bonchev–Trinajstić information content (AvgIpc) is 2.17. The molecule has 0 aliphatic carbocycles. The molecule has 0 amide bonds. The lowest BCUT2D eigenvalue weighted by Crippen LogP contribution is -2.00. The Labute approximate surface area is 77.9 Å². The summed E-state index contributed by atoms with van der Waals surface area (Å²) in [5.74, 6) is -1.41. The van der Waals surface area contributed by atoms with Crippen molar-refractivity contribution in [1.82, 2.24) is 0 Å². The Balaban J connectivity index is 3.25. The molecule has 0 spiro atoms. The van der Waals surface area contributed by atoms with E-state index in [9.17, 15) is 19.7 Å². The number of rotatable bonds is 3. The van der Waals surface area contributed by atoms with E-state index >= 15 is 0 Å². The lowest BCUT2D eigenvalue weighted by atomic mass is 10.1. The van der Waals surface area contributed by atoms with E-state index in [2.05, 4.69) is 0 Å². The summed E-state index contributed by atoms with van der Waals surface area (Å²) in [6.07, 6.45) is 0.0517. The highest BCUT2D eigenvalue weighted by Gasteiger charge is 2.16. The van der Waals surface area contributed by atoms with Crippen LogP contribution >= 0.6 is 0 Å². The second-order valence-corrected chi connectivity index (χ2v) is 2.44. The maximum Gasteiger partial charge on any atom is 0.311 e. The Hall–Kier alpha value is -2.24. The summed E-state index contributed by atoms with van der Waals surface area (Å²) >= 11 is 0. The summed E-state index contributed by atoms with van der Waals surface area (Å²) in [5, 5.41) is 19.3. The van der Waals surface area contributed by atoms with Crippen molar-refractivity contribution in [2.75, 3.05) is 0 Å². The number of ketones is 1. The van der Waals surface area contributed by atoms with Gasteiger partial charge in [0.15, 0.2) is 12.0 Å². The van der Waals surface area contributed by atoms with E-state index in [1.54, 1.807) is 0 Å². The normalized spacial score (nSPS) is 9.43. The van der Waals surface area contributed by atoms with Gasteiger partial charge < -0.3 is 5.11 Å². The smallest absolute Gasteiger partial charge is 0.311 e. The summed E-state index contributed by atoms with van der Waals surface area (Å²) in [5.41, 5.74) is -0.720. The van der Waals surface area contributed by atoms with E-state index < -0.39 is 22.1 Å². The number of nitrogens with zero attached hydrogens (tertiary/aromatic N) is 1. The van der Waals surface area contributed by atoms with Crippen LogP contribution in [0.2, 0.25) is 0 Å². The van der Waals surface area contributed by atoms with Crippen LogP contribution in [0.4, 0.5) is 5.69 Å². The molecule has 1 aromatic rings. The number of aromatic hydroxyl groups is 1. The average molecular weight is 195 g/mol. The number of phenolic OH excluding ortho intramolecular Hbond substituents is 1. The van der Waals surface area contributed by atoms with Crippen molar-refractivity contribution in [2.24, 2.45) is 0 Å². The highest BCUT2D eigenvalue weighted by Crippen LogP contribution is 2.26. The number of hydrogen-bond acceptors (Lipinski definition) is 5. The fourth-order valence-corrected chi connectivity index (χ4v) is 0.891. The van der Waals surface area contributed by atoms with E-state index in [4.69, 9.17) is 5.11 Å². The van der Waals surface area contributed by atoms with Gasteiger partial charge in [-0.15, -0.1) is 0 Å². The van der Waals surface area contributed by atoms with Crippen LogP contribution in [0.15, 0.2) is 18.2 Å². The Kier molecular flexibility index (Phi) is 2.57. The van der Waals surface area contributed by atoms with Gasteiger partial charge in [-0.3, -0.25) is 19.7 Å². The molecule has 0 radical (unpaired) electrons. The second-order valence-electron chi connectivity index (χ2n) is 2.44. The molecule has 72 valence electrons.